The Morgan fingerprint density at radius 1 is 1.12 bits per heavy atom. The van der Waals surface area contributed by atoms with Crippen LogP contribution in [0.2, 0.25) is 0 Å². The van der Waals surface area contributed by atoms with Crippen molar-refractivity contribution in [2.75, 3.05) is 45.9 Å². The van der Waals surface area contributed by atoms with Gasteiger partial charge in [-0.3, -0.25) is 9.80 Å². The van der Waals surface area contributed by atoms with Gasteiger partial charge in [0, 0.05) is 39.3 Å². The molecule has 0 spiro atoms. The van der Waals surface area contributed by atoms with E-state index in [1.54, 1.807) is 0 Å². The van der Waals surface area contributed by atoms with Gasteiger partial charge in [-0.15, -0.1) is 0 Å². The summed E-state index contributed by atoms with van der Waals surface area (Å²) in [5.74, 6) is 0. The van der Waals surface area contributed by atoms with Crippen LogP contribution in [0.3, 0.4) is 0 Å². The second-order valence-electron chi connectivity index (χ2n) is 5.01. The molecule has 0 aromatic heterocycles. The summed E-state index contributed by atoms with van der Waals surface area (Å²) in [5, 5.41) is 8.87. The summed E-state index contributed by atoms with van der Waals surface area (Å²) in [6.07, 6.45) is 3.35. The van der Waals surface area contributed by atoms with Gasteiger partial charge >= 0.3 is 0 Å². The van der Waals surface area contributed by atoms with Gasteiger partial charge in [-0.05, 0) is 19.8 Å². The molecule has 2 fully saturated rings. The highest BCUT2D eigenvalue weighted by molar-refractivity contribution is 4.78. The van der Waals surface area contributed by atoms with Crippen molar-refractivity contribution in [1.29, 1.82) is 0 Å². The van der Waals surface area contributed by atoms with E-state index in [9.17, 15) is 0 Å². The molecule has 0 bridgehead atoms. The standard InChI is InChI=1S/C12H24N2O2/c1-11-2-3-12(16-11)10-14-6-4-13(5-7-14)8-9-15/h11-12,15H,2-10H2,1H3. The molecule has 2 unspecified atom stereocenters. The molecule has 0 radical (unpaired) electrons. The monoisotopic (exact) mass is 228 g/mol. The lowest BCUT2D eigenvalue weighted by Gasteiger charge is -2.35. The van der Waals surface area contributed by atoms with E-state index in [-0.39, 0.29) is 6.61 Å². The first-order chi connectivity index (χ1) is 7.78. The number of hydrogen-bond donors (Lipinski definition) is 1. The first kappa shape index (κ1) is 12.3. The van der Waals surface area contributed by atoms with Gasteiger partial charge in [0.25, 0.3) is 0 Å². The van der Waals surface area contributed by atoms with Crippen molar-refractivity contribution in [3.05, 3.63) is 0 Å². The minimum Gasteiger partial charge on any atom is -0.395 e. The second-order valence-corrected chi connectivity index (χ2v) is 5.01. The van der Waals surface area contributed by atoms with E-state index in [4.69, 9.17) is 9.84 Å². The summed E-state index contributed by atoms with van der Waals surface area (Å²) >= 11 is 0. The Kier molecular flexibility index (Phi) is 4.58. The lowest BCUT2D eigenvalue weighted by molar-refractivity contribution is 0.0177. The Labute approximate surface area is 98.2 Å². The third-order valence-corrected chi connectivity index (χ3v) is 3.66. The second kappa shape index (κ2) is 5.96. The maximum atomic E-state index is 8.87. The molecule has 0 aliphatic carbocycles. The van der Waals surface area contributed by atoms with Gasteiger partial charge in [0.1, 0.15) is 0 Å². The van der Waals surface area contributed by atoms with Crippen LogP contribution < -0.4 is 0 Å². The van der Waals surface area contributed by atoms with Crippen LogP contribution in [0.15, 0.2) is 0 Å². The first-order valence-electron chi connectivity index (χ1n) is 6.49. The lowest BCUT2D eigenvalue weighted by Crippen LogP contribution is -2.49. The Morgan fingerprint density at radius 2 is 1.81 bits per heavy atom. The number of hydrogen-bond acceptors (Lipinski definition) is 4. The maximum Gasteiger partial charge on any atom is 0.0706 e. The van der Waals surface area contributed by atoms with E-state index in [0.717, 1.165) is 39.3 Å². The normalized spacial score (nSPS) is 33.4. The van der Waals surface area contributed by atoms with Gasteiger partial charge < -0.3 is 9.84 Å². The van der Waals surface area contributed by atoms with Crippen molar-refractivity contribution >= 4 is 0 Å². The van der Waals surface area contributed by atoms with Crippen molar-refractivity contribution in [3.8, 4) is 0 Å². The summed E-state index contributed by atoms with van der Waals surface area (Å²) in [6.45, 7) is 8.78. The highest BCUT2D eigenvalue weighted by Gasteiger charge is 2.25. The fourth-order valence-corrected chi connectivity index (χ4v) is 2.64. The molecule has 2 atom stereocenters. The number of ether oxygens (including phenoxy) is 1. The van der Waals surface area contributed by atoms with Gasteiger partial charge in [-0.1, -0.05) is 0 Å². The van der Waals surface area contributed by atoms with E-state index in [1.165, 1.54) is 12.8 Å². The van der Waals surface area contributed by atoms with Gasteiger partial charge in [-0.2, -0.15) is 0 Å². The number of aliphatic hydroxyl groups excluding tert-OH is 1. The fraction of sp³-hybridized carbons (Fsp3) is 1.00. The molecule has 16 heavy (non-hydrogen) atoms. The third-order valence-electron chi connectivity index (χ3n) is 3.66. The molecule has 0 amide bonds. The van der Waals surface area contributed by atoms with E-state index in [1.807, 2.05) is 0 Å². The van der Waals surface area contributed by atoms with E-state index in [2.05, 4.69) is 16.7 Å². The molecule has 2 aliphatic rings. The predicted octanol–water partition coefficient (Wildman–Crippen LogP) is 0.164. The zero-order chi connectivity index (χ0) is 11.4. The van der Waals surface area contributed by atoms with E-state index < -0.39 is 0 Å². The summed E-state index contributed by atoms with van der Waals surface area (Å²) in [7, 11) is 0. The van der Waals surface area contributed by atoms with Gasteiger partial charge in [-0.25, -0.2) is 0 Å². The molecule has 2 aliphatic heterocycles. The van der Waals surface area contributed by atoms with Crippen LogP contribution in [0, 0.1) is 0 Å². The lowest BCUT2D eigenvalue weighted by atomic mass is 10.2. The van der Waals surface area contributed by atoms with Gasteiger partial charge in [0.05, 0.1) is 18.8 Å². The van der Waals surface area contributed by atoms with Crippen LogP contribution in [-0.4, -0.2) is 73.0 Å². The molecule has 4 nitrogen and oxygen atoms in total. The molecule has 4 heteroatoms. The zero-order valence-electron chi connectivity index (χ0n) is 10.3. The molecule has 2 heterocycles. The van der Waals surface area contributed by atoms with Crippen molar-refractivity contribution in [2.24, 2.45) is 0 Å². The SMILES string of the molecule is CC1CCC(CN2CCN(CCO)CC2)O1. The summed E-state index contributed by atoms with van der Waals surface area (Å²) in [5.41, 5.74) is 0. The van der Waals surface area contributed by atoms with Crippen LogP contribution in [0.5, 0.6) is 0 Å². The van der Waals surface area contributed by atoms with Crippen LogP contribution in [0.1, 0.15) is 19.8 Å². The Bertz CT molecular complexity index is 205. The number of rotatable bonds is 4. The molecule has 0 aromatic carbocycles. The first-order valence-corrected chi connectivity index (χ1v) is 6.49. The van der Waals surface area contributed by atoms with Crippen molar-refractivity contribution in [2.45, 2.75) is 32.0 Å². The van der Waals surface area contributed by atoms with Crippen molar-refractivity contribution in [1.82, 2.24) is 9.80 Å². The van der Waals surface area contributed by atoms with Gasteiger partial charge in [0.15, 0.2) is 0 Å². The number of β-amino-alcohol motifs (C(OH)–C–C–N with tert-alkyl or cyclic N) is 1. The maximum absolute atomic E-state index is 8.87. The highest BCUT2D eigenvalue weighted by atomic mass is 16.5. The molecule has 1 N–H and O–H groups in total. The average Bonchev–Trinajstić information content (AvgIpc) is 2.67. The smallest absolute Gasteiger partial charge is 0.0706 e. The Morgan fingerprint density at radius 3 is 2.38 bits per heavy atom. The molecule has 0 saturated carbocycles. The van der Waals surface area contributed by atoms with Crippen LogP contribution >= 0.6 is 0 Å². The van der Waals surface area contributed by atoms with E-state index >= 15 is 0 Å². The Balaban J connectivity index is 1.65. The molecule has 2 saturated heterocycles. The predicted molar refractivity (Wildman–Crippen MR) is 63.5 cm³/mol. The molecule has 94 valence electrons. The van der Waals surface area contributed by atoms with E-state index in [0.29, 0.717) is 12.2 Å². The van der Waals surface area contributed by atoms with Crippen LogP contribution in [0.25, 0.3) is 0 Å². The number of aliphatic hydroxyl groups is 1. The number of piperazine rings is 1. The Hall–Kier alpha value is -0.160. The molecule has 2 rings (SSSR count). The van der Waals surface area contributed by atoms with Crippen LogP contribution in [-0.2, 0) is 4.74 Å². The fourth-order valence-electron chi connectivity index (χ4n) is 2.64. The molecular formula is C12H24N2O2. The summed E-state index contributed by atoms with van der Waals surface area (Å²) in [6, 6.07) is 0. The average molecular weight is 228 g/mol. The zero-order valence-corrected chi connectivity index (χ0v) is 10.3. The number of nitrogens with zero attached hydrogens (tertiary/aromatic N) is 2. The molecular weight excluding hydrogens is 204 g/mol. The minimum atomic E-state index is 0.281. The topological polar surface area (TPSA) is 35.9 Å². The third kappa shape index (κ3) is 3.42. The van der Waals surface area contributed by atoms with Gasteiger partial charge in [0.2, 0.25) is 0 Å². The van der Waals surface area contributed by atoms with Crippen molar-refractivity contribution < 1.29 is 9.84 Å². The quantitative estimate of drug-likeness (QED) is 0.744. The van der Waals surface area contributed by atoms with Crippen molar-refractivity contribution in [3.63, 3.8) is 0 Å². The minimum absolute atomic E-state index is 0.281. The van der Waals surface area contributed by atoms with Crippen LogP contribution in [0.4, 0.5) is 0 Å². The largest absolute Gasteiger partial charge is 0.395 e. The summed E-state index contributed by atoms with van der Waals surface area (Å²) < 4.78 is 5.84. The summed E-state index contributed by atoms with van der Waals surface area (Å²) in [4.78, 5) is 4.82. The molecule has 0 aromatic rings. The highest BCUT2D eigenvalue weighted by Crippen LogP contribution is 2.20.